The molecule has 1 fully saturated rings. The Labute approximate surface area is 192 Å². The number of nitrogens with zero attached hydrogens (tertiary/aromatic N) is 2. The average Bonchev–Trinajstić information content (AvgIpc) is 2.74. The van der Waals surface area contributed by atoms with Crippen LogP contribution in [0.1, 0.15) is 24.2 Å². The first-order chi connectivity index (χ1) is 14.8. The van der Waals surface area contributed by atoms with Crippen molar-refractivity contribution in [1.29, 1.82) is 0 Å². The van der Waals surface area contributed by atoms with Crippen molar-refractivity contribution in [3.8, 4) is 0 Å². The highest BCUT2D eigenvalue weighted by atomic mass is 35.5. The molecular weight excluding hydrogens is 461 g/mol. The van der Waals surface area contributed by atoms with E-state index in [1.165, 1.54) is 10.4 Å². The number of sulfonamides is 1. The minimum atomic E-state index is -3.72. The Morgan fingerprint density at radius 1 is 1.06 bits per heavy atom. The lowest BCUT2D eigenvalue weighted by atomic mass is 10.1. The minimum Gasteiger partial charge on any atom is -0.378 e. The van der Waals surface area contributed by atoms with Crippen LogP contribution in [-0.2, 0) is 14.8 Å². The van der Waals surface area contributed by atoms with Gasteiger partial charge in [-0.1, -0.05) is 37.0 Å². The molecule has 0 atom stereocenters. The number of amides is 1. The fraction of sp³-hybridized carbons (Fsp3) is 0.381. The lowest BCUT2D eigenvalue weighted by Crippen LogP contribution is -2.37. The number of carbonyl (C=O) groups is 1. The van der Waals surface area contributed by atoms with E-state index in [9.17, 15) is 13.2 Å². The molecule has 0 saturated carbocycles. The molecule has 2 aromatic rings. The van der Waals surface area contributed by atoms with Gasteiger partial charge in [0.2, 0.25) is 10.0 Å². The molecule has 1 aliphatic heterocycles. The number of morpholine rings is 1. The Kier molecular flexibility index (Phi) is 7.82. The van der Waals surface area contributed by atoms with Gasteiger partial charge in [0.05, 0.1) is 23.7 Å². The molecule has 1 amide bonds. The van der Waals surface area contributed by atoms with E-state index >= 15 is 0 Å². The molecule has 0 aliphatic carbocycles. The summed E-state index contributed by atoms with van der Waals surface area (Å²) in [5, 5.41) is 3.55. The first-order valence-corrected chi connectivity index (χ1v) is 12.2. The van der Waals surface area contributed by atoms with Crippen molar-refractivity contribution in [3.63, 3.8) is 0 Å². The second-order valence-corrected chi connectivity index (χ2v) is 9.79. The van der Waals surface area contributed by atoms with Crippen LogP contribution in [0.3, 0.4) is 0 Å². The van der Waals surface area contributed by atoms with Gasteiger partial charge in [0.1, 0.15) is 0 Å². The zero-order valence-corrected chi connectivity index (χ0v) is 19.7. The van der Waals surface area contributed by atoms with E-state index < -0.39 is 15.9 Å². The van der Waals surface area contributed by atoms with E-state index in [0.29, 0.717) is 60.8 Å². The Balaban J connectivity index is 2.04. The molecule has 1 saturated heterocycles. The van der Waals surface area contributed by atoms with Crippen LogP contribution in [0, 0.1) is 0 Å². The van der Waals surface area contributed by atoms with Gasteiger partial charge in [0, 0.05) is 47.6 Å². The summed E-state index contributed by atoms with van der Waals surface area (Å²) in [4.78, 5) is 15.3. The highest BCUT2D eigenvalue weighted by Gasteiger charge is 2.26. The maximum atomic E-state index is 13.2. The normalized spacial score (nSPS) is 14.7. The van der Waals surface area contributed by atoms with Crippen molar-refractivity contribution in [2.24, 2.45) is 0 Å². The smallest absolute Gasteiger partial charge is 0.257 e. The SMILES string of the molecule is CCN(CC)S(=O)(=O)c1ccc(N2CCOCC2)c(C(=O)Nc2cc(Cl)cc(Cl)c2)c1. The third-order valence-corrected chi connectivity index (χ3v) is 7.51. The molecule has 31 heavy (non-hydrogen) atoms. The van der Waals surface area contributed by atoms with E-state index in [-0.39, 0.29) is 10.5 Å². The maximum absolute atomic E-state index is 13.2. The Morgan fingerprint density at radius 2 is 1.68 bits per heavy atom. The summed E-state index contributed by atoms with van der Waals surface area (Å²) in [5.74, 6) is -0.448. The zero-order valence-electron chi connectivity index (χ0n) is 17.4. The summed E-state index contributed by atoms with van der Waals surface area (Å²) in [7, 11) is -3.72. The Morgan fingerprint density at radius 3 is 2.26 bits per heavy atom. The van der Waals surface area contributed by atoms with Crippen molar-refractivity contribution < 1.29 is 17.9 Å². The van der Waals surface area contributed by atoms with E-state index in [2.05, 4.69) is 5.32 Å². The molecule has 1 N–H and O–H groups in total. The number of benzene rings is 2. The number of nitrogens with one attached hydrogen (secondary N) is 1. The Bertz CT molecular complexity index is 1030. The van der Waals surface area contributed by atoms with Gasteiger partial charge in [-0.15, -0.1) is 0 Å². The zero-order chi connectivity index (χ0) is 22.6. The van der Waals surface area contributed by atoms with Gasteiger partial charge < -0.3 is 15.0 Å². The van der Waals surface area contributed by atoms with Gasteiger partial charge in [-0.3, -0.25) is 4.79 Å². The van der Waals surface area contributed by atoms with E-state index in [0.717, 1.165) is 0 Å². The minimum absolute atomic E-state index is 0.0717. The largest absolute Gasteiger partial charge is 0.378 e. The topological polar surface area (TPSA) is 79.0 Å². The van der Waals surface area contributed by atoms with Crippen LogP contribution in [0.4, 0.5) is 11.4 Å². The van der Waals surface area contributed by atoms with Crippen molar-refractivity contribution in [2.75, 3.05) is 49.6 Å². The van der Waals surface area contributed by atoms with Gasteiger partial charge >= 0.3 is 0 Å². The standard InChI is InChI=1S/C21H25Cl2N3O4S/c1-3-26(4-2)31(28,29)18-5-6-20(25-7-9-30-10-8-25)19(14-18)21(27)24-17-12-15(22)11-16(23)13-17/h5-6,11-14H,3-4,7-10H2,1-2H3,(H,24,27). The lowest BCUT2D eigenvalue weighted by molar-refractivity contribution is 0.102. The number of hydrogen-bond donors (Lipinski definition) is 1. The van der Waals surface area contributed by atoms with Crippen LogP contribution in [0.5, 0.6) is 0 Å². The van der Waals surface area contributed by atoms with E-state index in [1.54, 1.807) is 44.2 Å². The fourth-order valence-electron chi connectivity index (χ4n) is 3.47. The van der Waals surface area contributed by atoms with Crippen molar-refractivity contribution in [1.82, 2.24) is 4.31 Å². The molecule has 10 heteroatoms. The predicted octanol–water partition coefficient (Wildman–Crippen LogP) is 4.11. The number of hydrogen-bond acceptors (Lipinski definition) is 5. The summed E-state index contributed by atoms with van der Waals surface area (Å²) < 4.78 is 32.8. The number of halogens is 2. The summed E-state index contributed by atoms with van der Waals surface area (Å²) in [6, 6.07) is 9.38. The van der Waals surface area contributed by atoms with Crippen LogP contribution in [-0.4, -0.2) is 58.0 Å². The summed E-state index contributed by atoms with van der Waals surface area (Å²) in [5.41, 5.74) is 1.33. The monoisotopic (exact) mass is 485 g/mol. The average molecular weight is 486 g/mol. The maximum Gasteiger partial charge on any atom is 0.257 e. The van der Waals surface area contributed by atoms with Crippen LogP contribution in [0.2, 0.25) is 10.0 Å². The molecule has 0 radical (unpaired) electrons. The predicted molar refractivity (Wildman–Crippen MR) is 124 cm³/mol. The number of anilines is 2. The number of rotatable bonds is 7. The third kappa shape index (κ3) is 5.51. The van der Waals surface area contributed by atoms with Gasteiger partial charge in [-0.05, 0) is 36.4 Å². The lowest BCUT2D eigenvalue weighted by Gasteiger charge is -2.30. The second-order valence-electron chi connectivity index (χ2n) is 6.98. The summed E-state index contributed by atoms with van der Waals surface area (Å²) in [6.45, 7) is 6.50. The molecule has 0 bridgehead atoms. The first kappa shape index (κ1) is 23.8. The quantitative estimate of drug-likeness (QED) is 0.637. The molecule has 7 nitrogen and oxygen atoms in total. The summed E-state index contributed by atoms with van der Waals surface area (Å²) >= 11 is 12.1. The van der Waals surface area contributed by atoms with Crippen LogP contribution in [0.25, 0.3) is 0 Å². The van der Waals surface area contributed by atoms with Crippen LogP contribution in [0.15, 0.2) is 41.3 Å². The van der Waals surface area contributed by atoms with Crippen molar-refractivity contribution in [3.05, 3.63) is 52.0 Å². The molecular formula is C21H25Cl2N3O4S. The summed E-state index contributed by atoms with van der Waals surface area (Å²) in [6.07, 6.45) is 0. The third-order valence-electron chi connectivity index (χ3n) is 5.03. The molecule has 2 aromatic carbocycles. The highest BCUT2D eigenvalue weighted by molar-refractivity contribution is 7.89. The fourth-order valence-corrected chi connectivity index (χ4v) is 5.49. The van der Waals surface area contributed by atoms with Crippen LogP contribution < -0.4 is 10.2 Å². The van der Waals surface area contributed by atoms with Gasteiger partial charge in [0.15, 0.2) is 0 Å². The van der Waals surface area contributed by atoms with Gasteiger partial charge in [0.25, 0.3) is 5.91 Å². The van der Waals surface area contributed by atoms with E-state index in [4.69, 9.17) is 27.9 Å². The molecule has 0 spiro atoms. The highest BCUT2D eigenvalue weighted by Crippen LogP contribution is 2.29. The van der Waals surface area contributed by atoms with Crippen LogP contribution >= 0.6 is 23.2 Å². The first-order valence-electron chi connectivity index (χ1n) is 10.0. The van der Waals surface area contributed by atoms with Crippen molar-refractivity contribution in [2.45, 2.75) is 18.7 Å². The molecule has 1 heterocycles. The molecule has 0 unspecified atom stereocenters. The van der Waals surface area contributed by atoms with E-state index in [1.807, 2.05) is 4.90 Å². The number of ether oxygens (including phenoxy) is 1. The number of carbonyl (C=O) groups excluding carboxylic acids is 1. The van der Waals surface area contributed by atoms with Crippen molar-refractivity contribution >= 4 is 50.5 Å². The molecule has 168 valence electrons. The molecule has 1 aliphatic rings. The second kappa shape index (κ2) is 10.2. The molecule has 0 aromatic heterocycles. The molecule has 3 rings (SSSR count). The van der Waals surface area contributed by atoms with Gasteiger partial charge in [-0.25, -0.2) is 8.42 Å². The Hall–Kier alpha value is -1.84. The van der Waals surface area contributed by atoms with Gasteiger partial charge in [-0.2, -0.15) is 4.31 Å².